The van der Waals surface area contributed by atoms with Crippen LogP contribution in [0.1, 0.15) is 50.8 Å². The molecule has 0 radical (unpaired) electrons. The highest BCUT2D eigenvalue weighted by atomic mass is 16.5. The van der Waals surface area contributed by atoms with Crippen molar-refractivity contribution in [3.63, 3.8) is 0 Å². The highest BCUT2D eigenvalue weighted by molar-refractivity contribution is 5.42. The van der Waals surface area contributed by atoms with Crippen molar-refractivity contribution in [2.45, 2.75) is 51.1 Å². The minimum Gasteiger partial charge on any atom is -0.496 e. The second-order valence-corrected chi connectivity index (χ2v) is 6.50. The van der Waals surface area contributed by atoms with E-state index in [2.05, 4.69) is 38.2 Å². The molecule has 0 heterocycles. The number of methoxy groups -OCH3 is 1. The van der Waals surface area contributed by atoms with E-state index < -0.39 is 0 Å². The fraction of sp³-hybridized carbons (Fsp3) is 0.625. The third-order valence-corrected chi connectivity index (χ3v) is 3.66. The monoisotopic (exact) mass is 262 g/mol. The van der Waals surface area contributed by atoms with Crippen molar-refractivity contribution in [2.75, 3.05) is 13.7 Å². The van der Waals surface area contributed by atoms with Gasteiger partial charge in [-0.2, -0.15) is 0 Å². The Bertz CT molecular complexity index is 433. The lowest BCUT2D eigenvalue weighted by Gasteiger charge is -2.24. The maximum atomic E-state index is 6.27. The third-order valence-electron chi connectivity index (χ3n) is 3.66. The Labute approximate surface area is 116 Å². The summed E-state index contributed by atoms with van der Waals surface area (Å²) in [6, 6.07) is 7.05. The van der Waals surface area contributed by atoms with E-state index >= 15 is 0 Å². The second kappa shape index (κ2) is 5.51. The Hall–Kier alpha value is -1.06. The summed E-state index contributed by atoms with van der Waals surface area (Å²) >= 11 is 0. The van der Waals surface area contributed by atoms with E-state index in [1.807, 2.05) is 6.07 Å². The van der Waals surface area contributed by atoms with Gasteiger partial charge < -0.3 is 15.8 Å². The molecular formula is C16H26N2O. The molecule has 3 N–H and O–H groups in total. The van der Waals surface area contributed by atoms with Gasteiger partial charge in [0, 0.05) is 18.6 Å². The van der Waals surface area contributed by atoms with Crippen LogP contribution in [0.25, 0.3) is 0 Å². The van der Waals surface area contributed by atoms with E-state index in [-0.39, 0.29) is 11.5 Å². The quantitative estimate of drug-likeness (QED) is 0.857. The summed E-state index contributed by atoms with van der Waals surface area (Å²) in [7, 11) is 1.72. The van der Waals surface area contributed by atoms with Gasteiger partial charge in [0.05, 0.1) is 7.11 Å². The van der Waals surface area contributed by atoms with Crippen molar-refractivity contribution in [1.82, 2.24) is 5.32 Å². The van der Waals surface area contributed by atoms with Crippen molar-refractivity contribution in [2.24, 2.45) is 5.73 Å². The molecule has 0 aromatic heterocycles. The van der Waals surface area contributed by atoms with E-state index in [9.17, 15) is 0 Å². The molecular weight excluding hydrogens is 236 g/mol. The molecule has 1 atom stereocenters. The maximum absolute atomic E-state index is 6.27. The number of nitrogens with one attached hydrogen (secondary N) is 1. The van der Waals surface area contributed by atoms with Gasteiger partial charge in [-0.15, -0.1) is 0 Å². The first-order valence-corrected chi connectivity index (χ1v) is 7.09. The van der Waals surface area contributed by atoms with Crippen molar-refractivity contribution in [3.8, 4) is 5.75 Å². The van der Waals surface area contributed by atoms with E-state index in [1.54, 1.807) is 7.11 Å². The molecule has 0 spiro atoms. The van der Waals surface area contributed by atoms with E-state index in [1.165, 1.54) is 24.0 Å². The molecule has 1 aliphatic carbocycles. The fourth-order valence-corrected chi connectivity index (χ4v) is 2.24. The maximum Gasteiger partial charge on any atom is 0.122 e. The summed E-state index contributed by atoms with van der Waals surface area (Å²) in [5.41, 5.74) is 8.73. The lowest BCUT2D eigenvalue weighted by molar-refractivity contribution is 0.397. The Balaban J connectivity index is 2.16. The van der Waals surface area contributed by atoms with Gasteiger partial charge in [0.2, 0.25) is 0 Å². The standard InChI is InChI=1S/C16H26N2O/c1-16(2,3)13-9-11(5-8-15(13)19-4)14(17)10-18-12-6-7-12/h5,8-9,12,14,18H,6-7,10,17H2,1-4H3. The molecule has 106 valence electrons. The molecule has 1 aliphatic rings. The van der Waals surface area contributed by atoms with Gasteiger partial charge in [-0.1, -0.05) is 26.8 Å². The number of rotatable bonds is 5. The van der Waals surface area contributed by atoms with Crippen LogP contribution in [0.3, 0.4) is 0 Å². The van der Waals surface area contributed by atoms with Gasteiger partial charge in [-0.05, 0) is 41.5 Å². The molecule has 0 saturated heterocycles. The van der Waals surface area contributed by atoms with E-state index in [0.717, 1.165) is 12.3 Å². The van der Waals surface area contributed by atoms with E-state index in [4.69, 9.17) is 10.5 Å². The van der Waals surface area contributed by atoms with Crippen molar-refractivity contribution in [1.29, 1.82) is 0 Å². The molecule has 3 heteroatoms. The largest absolute Gasteiger partial charge is 0.496 e. The molecule has 1 fully saturated rings. The zero-order valence-electron chi connectivity index (χ0n) is 12.5. The van der Waals surface area contributed by atoms with Crippen LogP contribution in [0.5, 0.6) is 5.75 Å². The van der Waals surface area contributed by atoms with Crippen LogP contribution >= 0.6 is 0 Å². The van der Waals surface area contributed by atoms with Gasteiger partial charge in [0.25, 0.3) is 0 Å². The molecule has 19 heavy (non-hydrogen) atoms. The summed E-state index contributed by atoms with van der Waals surface area (Å²) in [5, 5.41) is 3.49. The summed E-state index contributed by atoms with van der Waals surface area (Å²) in [5.74, 6) is 0.943. The number of ether oxygens (including phenoxy) is 1. The van der Waals surface area contributed by atoms with Crippen LogP contribution < -0.4 is 15.8 Å². The SMILES string of the molecule is COc1ccc(C(N)CNC2CC2)cc1C(C)(C)C. The number of hydrogen-bond donors (Lipinski definition) is 2. The summed E-state index contributed by atoms with van der Waals surface area (Å²) < 4.78 is 5.46. The highest BCUT2D eigenvalue weighted by Gasteiger charge is 2.23. The molecule has 1 saturated carbocycles. The summed E-state index contributed by atoms with van der Waals surface area (Å²) in [6.07, 6.45) is 2.59. The van der Waals surface area contributed by atoms with Gasteiger partial charge >= 0.3 is 0 Å². The number of benzene rings is 1. The normalized spacial score (nSPS) is 17.3. The van der Waals surface area contributed by atoms with Crippen molar-refractivity contribution < 1.29 is 4.74 Å². The van der Waals surface area contributed by atoms with Crippen LogP contribution in [-0.2, 0) is 5.41 Å². The van der Waals surface area contributed by atoms with Crippen LogP contribution in [0.2, 0.25) is 0 Å². The van der Waals surface area contributed by atoms with Crippen molar-refractivity contribution >= 4 is 0 Å². The molecule has 0 aliphatic heterocycles. The Morgan fingerprint density at radius 2 is 2.05 bits per heavy atom. The first-order valence-electron chi connectivity index (χ1n) is 7.09. The predicted octanol–water partition coefficient (Wildman–Crippen LogP) is 2.74. The third kappa shape index (κ3) is 3.71. The molecule has 0 amide bonds. The average Bonchev–Trinajstić information content (AvgIpc) is 3.18. The minimum atomic E-state index is 0.0487. The average molecular weight is 262 g/mol. The van der Waals surface area contributed by atoms with Crippen LogP contribution in [0.4, 0.5) is 0 Å². The Morgan fingerprint density at radius 3 is 2.58 bits per heavy atom. The van der Waals surface area contributed by atoms with Gasteiger partial charge in [0.1, 0.15) is 5.75 Å². The van der Waals surface area contributed by atoms with E-state index in [0.29, 0.717) is 6.04 Å². The van der Waals surface area contributed by atoms with Gasteiger partial charge in [-0.3, -0.25) is 0 Å². The predicted molar refractivity (Wildman–Crippen MR) is 79.6 cm³/mol. The topological polar surface area (TPSA) is 47.3 Å². The molecule has 1 aromatic rings. The molecule has 3 nitrogen and oxygen atoms in total. The van der Waals surface area contributed by atoms with Crippen LogP contribution in [0.15, 0.2) is 18.2 Å². The Morgan fingerprint density at radius 1 is 1.37 bits per heavy atom. The number of hydrogen-bond acceptors (Lipinski definition) is 3. The van der Waals surface area contributed by atoms with Gasteiger partial charge in [-0.25, -0.2) is 0 Å². The van der Waals surface area contributed by atoms with Crippen molar-refractivity contribution in [3.05, 3.63) is 29.3 Å². The smallest absolute Gasteiger partial charge is 0.122 e. The molecule has 1 unspecified atom stereocenters. The first kappa shape index (κ1) is 14.4. The van der Waals surface area contributed by atoms with Crippen LogP contribution in [0, 0.1) is 0 Å². The molecule has 1 aromatic carbocycles. The zero-order chi connectivity index (χ0) is 14.0. The zero-order valence-corrected chi connectivity index (χ0v) is 12.5. The summed E-state index contributed by atoms with van der Waals surface area (Å²) in [6.45, 7) is 7.44. The molecule has 0 bridgehead atoms. The summed E-state index contributed by atoms with van der Waals surface area (Å²) in [4.78, 5) is 0. The molecule has 2 rings (SSSR count). The highest BCUT2D eigenvalue weighted by Crippen LogP contribution is 2.33. The second-order valence-electron chi connectivity index (χ2n) is 6.50. The lowest BCUT2D eigenvalue weighted by Crippen LogP contribution is -2.28. The van der Waals surface area contributed by atoms with Gasteiger partial charge in [0.15, 0.2) is 0 Å². The fourth-order valence-electron chi connectivity index (χ4n) is 2.24. The lowest BCUT2D eigenvalue weighted by atomic mass is 9.84. The van der Waals surface area contributed by atoms with Crippen LogP contribution in [-0.4, -0.2) is 19.7 Å². The Kier molecular flexibility index (Phi) is 4.16. The minimum absolute atomic E-state index is 0.0487. The first-order chi connectivity index (χ1) is 8.91. The number of nitrogens with two attached hydrogens (primary N) is 1.